The zero-order valence-corrected chi connectivity index (χ0v) is 10.5. The summed E-state index contributed by atoms with van der Waals surface area (Å²) in [6.45, 7) is 5.61. The van der Waals surface area contributed by atoms with Crippen LogP contribution in [0.2, 0.25) is 0 Å². The number of hydrogen-bond donors (Lipinski definition) is 1. The molecule has 0 aliphatic carbocycles. The third kappa shape index (κ3) is 2.27. The second-order valence-corrected chi connectivity index (χ2v) is 4.55. The van der Waals surface area contributed by atoms with E-state index in [1.54, 1.807) is 4.68 Å². The van der Waals surface area contributed by atoms with Crippen LogP contribution in [0.25, 0.3) is 0 Å². The predicted octanol–water partition coefficient (Wildman–Crippen LogP) is 1.44. The van der Waals surface area contributed by atoms with Gasteiger partial charge in [0.05, 0.1) is 11.8 Å². The van der Waals surface area contributed by atoms with Gasteiger partial charge in [-0.15, -0.1) is 0 Å². The fourth-order valence-corrected chi connectivity index (χ4v) is 2.27. The van der Waals surface area contributed by atoms with E-state index in [0.717, 1.165) is 31.1 Å². The standard InChI is InChI=1S/C12H18N4O/c1-8-11(6-13)12(16(3)15-8)14-7-10-4-5-17-9(10)2/h9-10,14H,4-5,7H2,1-3H3. The van der Waals surface area contributed by atoms with Crippen molar-refractivity contribution in [2.24, 2.45) is 13.0 Å². The lowest BCUT2D eigenvalue weighted by Crippen LogP contribution is -2.22. The minimum absolute atomic E-state index is 0.294. The van der Waals surface area contributed by atoms with Crippen molar-refractivity contribution < 1.29 is 4.74 Å². The summed E-state index contributed by atoms with van der Waals surface area (Å²) in [6.07, 6.45) is 1.37. The summed E-state index contributed by atoms with van der Waals surface area (Å²) >= 11 is 0. The number of aromatic nitrogens is 2. The molecule has 17 heavy (non-hydrogen) atoms. The number of anilines is 1. The van der Waals surface area contributed by atoms with Gasteiger partial charge in [-0.25, -0.2) is 0 Å². The monoisotopic (exact) mass is 234 g/mol. The SMILES string of the molecule is Cc1nn(C)c(NCC2CCOC2C)c1C#N. The Balaban J connectivity index is 2.06. The van der Waals surface area contributed by atoms with Crippen molar-refractivity contribution in [3.63, 3.8) is 0 Å². The van der Waals surface area contributed by atoms with E-state index in [-0.39, 0.29) is 0 Å². The van der Waals surface area contributed by atoms with E-state index in [4.69, 9.17) is 10.00 Å². The van der Waals surface area contributed by atoms with Crippen LogP contribution in [0, 0.1) is 24.2 Å². The Morgan fingerprint density at radius 2 is 2.41 bits per heavy atom. The lowest BCUT2D eigenvalue weighted by Gasteiger charge is -2.15. The summed E-state index contributed by atoms with van der Waals surface area (Å²) in [5.74, 6) is 1.32. The molecule has 5 nitrogen and oxygen atoms in total. The van der Waals surface area contributed by atoms with Gasteiger partial charge in [0.2, 0.25) is 0 Å². The molecule has 1 N–H and O–H groups in total. The minimum atomic E-state index is 0.294. The fourth-order valence-electron chi connectivity index (χ4n) is 2.27. The molecule has 1 aliphatic rings. The zero-order valence-electron chi connectivity index (χ0n) is 10.5. The third-order valence-electron chi connectivity index (χ3n) is 3.40. The van der Waals surface area contributed by atoms with Crippen molar-refractivity contribution in [3.8, 4) is 6.07 Å². The van der Waals surface area contributed by atoms with Crippen molar-refractivity contribution >= 4 is 5.82 Å². The van der Waals surface area contributed by atoms with E-state index in [0.29, 0.717) is 17.6 Å². The van der Waals surface area contributed by atoms with Crippen molar-refractivity contribution in [1.82, 2.24) is 9.78 Å². The molecular weight excluding hydrogens is 216 g/mol. The first-order chi connectivity index (χ1) is 8.13. The van der Waals surface area contributed by atoms with E-state index in [9.17, 15) is 0 Å². The Labute approximate surface area is 101 Å². The number of nitrogens with zero attached hydrogens (tertiary/aromatic N) is 3. The van der Waals surface area contributed by atoms with E-state index < -0.39 is 0 Å². The van der Waals surface area contributed by atoms with Crippen LogP contribution in [-0.4, -0.2) is 29.0 Å². The normalized spacial score (nSPS) is 23.6. The van der Waals surface area contributed by atoms with E-state index in [1.165, 1.54) is 0 Å². The molecule has 1 aliphatic heterocycles. The summed E-state index contributed by atoms with van der Waals surface area (Å²) in [5, 5.41) is 16.7. The largest absolute Gasteiger partial charge is 0.378 e. The molecule has 0 aromatic carbocycles. The number of rotatable bonds is 3. The smallest absolute Gasteiger partial charge is 0.142 e. The van der Waals surface area contributed by atoms with Gasteiger partial charge in [0.25, 0.3) is 0 Å². The maximum absolute atomic E-state index is 9.09. The topological polar surface area (TPSA) is 62.9 Å². The third-order valence-corrected chi connectivity index (χ3v) is 3.40. The molecule has 0 amide bonds. The van der Waals surface area contributed by atoms with Crippen molar-refractivity contribution in [2.45, 2.75) is 26.4 Å². The Bertz CT molecular complexity index is 446. The quantitative estimate of drug-likeness (QED) is 0.859. The molecule has 0 spiro atoms. The Kier molecular flexibility index (Phi) is 3.34. The van der Waals surface area contributed by atoms with Gasteiger partial charge < -0.3 is 10.1 Å². The van der Waals surface area contributed by atoms with Crippen LogP contribution >= 0.6 is 0 Å². The van der Waals surface area contributed by atoms with Gasteiger partial charge >= 0.3 is 0 Å². The van der Waals surface area contributed by atoms with Crippen LogP contribution in [0.3, 0.4) is 0 Å². The number of hydrogen-bond acceptors (Lipinski definition) is 4. The summed E-state index contributed by atoms with van der Waals surface area (Å²) in [6, 6.07) is 2.19. The van der Waals surface area contributed by atoms with Gasteiger partial charge in [-0.2, -0.15) is 10.4 Å². The van der Waals surface area contributed by atoms with Crippen LogP contribution in [0.4, 0.5) is 5.82 Å². The van der Waals surface area contributed by atoms with Crippen LogP contribution in [0.1, 0.15) is 24.6 Å². The van der Waals surface area contributed by atoms with Gasteiger partial charge in [0.1, 0.15) is 17.5 Å². The lowest BCUT2D eigenvalue weighted by atomic mass is 10.0. The predicted molar refractivity (Wildman–Crippen MR) is 64.7 cm³/mol. The van der Waals surface area contributed by atoms with E-state index >= 15 is 0 Å². The number of nitrogens with one attached hydrogen (secondary N) is 1. The molecule has 2 rings (SSSR count). The van der Waals surface area contributed by atoms with Gasteiger partial charge in [-0.05, 0) is 20.3 Å². The average molecular weight is 234 g/mol. The molecule has 1 fully saturated rings. The summed E-state index contributed by atoms with van der Waals surface area (Å²) in [7, 11) is 1.85. The molecule has 1 aromatic rings. The molecule has 92 valence electrons. The highest BCUT2D eigenvalue weighted by Crippen LogP contribution is 2.23. The van der Waals surface area contributed by atoms with Gasteiger partial charge in [-0.3, -0.25) is 4.68 Å². The Morgan fingerprint density at radius 1 is 1.65 bits per heavy atom. The molecule has 1 saturated heterocycles. The molecule has 0 bridgehead atoms. The van der Waals surface area contributed by atoms with Crippen molar-refractivity contribution in [3.05, 3.63) is 11.3 Å². The van der Waals surface area contributed by atoms with Gasteiger partial charge in [-0.1, -0.05) is 0 Å². The van der Waals surface area contributed by atoms with E-state index in [1.807, 2.05) is 14.0 Å². The van der Waals surface area contributed by atoms with Gasteiger partial charge in [0.15, 0.2) is 0 Å². The molecule has 2 heterocycles. The molecule has 0 saturated carbocycles. The van der Waals surface area contributed by atoms with Crippen molar-refractivity contribution in [1.29, 1.82) is 5.26 Å². The summed E-state index contributed by atoms with van der Waals surface area (Å²) in [4.78, 5) is 0. The highest BCUT2D eigenvalue weighted by molar-refractivity contribution is 5.54. The Morgan fingerprint density at radius 3 is 3.00 bits per heavy atom. The molecule has 1 aromatic heterocycles. The fraction of sp³-hybridized carbons (Fsp3) is 0.667. The van der Waals surface area contributed by atoms with E-state index in [2.05, 4.69) is 23.4 Å². The van der Waals surface area contributed by atoms with Crippen LogP contribution in [0.15, 0.2) is 0 Å². The second kappa shape index (κ2) is 4.76. The number of ether oxygens (including phenoxy) is 1. The maximum Gasteiger partial charge on any atom is 0.142 e. The summed E-state index contributed by atoms with van der Waals surface area (Å²) < 4.78 is 7.25. The van der Waals surface area contributed by atoms with Crippen LogP contribution in [0.5, 0.6) is 0 Å². The zero-order chi connectivity index (χ0) is 12.4. The maximum atomic E-state index is 9.09. The first-order valence-corrected chi connectivity index (χ1v) is 5.92. The average Bonchev–Trinajstić information content (AvgIpc) is 2.80. The number of nitriles is 1. The first kappa shape index (κ1) is 11.9. The van der Waals surface area contributed by atoms with Crippen molar-refractivity contribution in [2.75, 3.05) is 18.5 Å². The van der Waals surface area contributed by atoms with Crippen LogP contribution < -0.4 is 5.32 Å². The summed E-state index contributed by atoms with van der Waals surface area (Å²) in [5.41, 5.74) is 1.41. The highest BCUT2D eigenvalue weighted by Gasteiger charge is 2.24. The molecule has 2 atom stereocenters. The number of aryl methyl sites for hydroxylation is 2. The molecular formula is C12H18N4O. The van der Waals surface area contributed by atoms with Crippen LogP contribution in [-0.2, 0) is 11.8 Å². The minimum Gasteiger partial charge on any atom is -0.378 e. The molecule has 2 unspecified atom stereocenters. The molecule has 0 radical (unpaired) electrons. The van der Waals surface area contributed by atoms with Gasteiger partial charge in [0, 0.05) is 26.1 Å². The second-order valence-electron chi connectivity index (χ2n) is 4.55. The highest BCUT2D eigenvalue weighted by atomic mass is 16.5. The lowest BCUT2D eigenvalue weighted by molar-refractivity contribution is 0.108. The Hall–Kier alpha value is -1.54. The first-order valence-electron chi connectivity index (χ1n) is 5.92. The molecule has 5 heteroatoms.